The molecule has 110 valence electrons. The number of hydrogen-bond donors (Lipinski definition) is 0. The van der Waals surface area contributed by atoms with E-state index in [0.29, 0.717) is 0 Å². The quantitative estimate of drug-likeness (QED) is 0.478. The highest BCUT2D eigenvalue weighted by molar-refractivity contribution is 6.09. The number of hydrogen-bond acceptors (Lipinski definition) is 1. The summed E-state index contributed by atoms with van der Waals surface area (Å²) in [5, 5.41) is 0. The number of aliphatic imine (C=N–C) groups is 1. The first kappa shape index (κ1) is 16.9. The minimum atomic E-state index is 0.872. The van der Waals surface area contributed by atoms with Crippen molar-refractivity contribution in [3.8, 4) is 0 Å². The van der Waals surface area contributed by atoms with Gasteiger partial charge in [-0.3, -0.25) is 4.99 Å². The molecule has 0 aliphatic heterocycles. The first-order valence-electron chi connectivity index (χ1n) is 7.26. The SMILES string of the molecule is C=C/C=C(C/C=C(\C=NC)c1ccc(C)cc1)\C(C)=C/C. The zero-order chi connectivity index (χ0) is 15.7. The molecule has 0 unspecified atom stereocenters. The predicted molar refractivity (Wildman–Crippen MR) is 95.9 cm³/mol. The lowest BCUT2D eigenvalue weighted by Crippen LogP contribution is -1.90. The Morgan fingerprint density at radius 3 is 2.43 bits per heavy atom. The molecular formula is C20H25N. The number of allylic oxidation sites excluding steroid dienone is 7. The fraction of sp³-hybridized carbons (Fsp3) is 0.250. The molecular weight excluding hydrogens is 254 g/mol. The van der Waals surface area contributed by atoms with Crippen LogP contribution in [0.4, 0.5) is 0 Å². The number of aryl methyl sites for hydroxylation is 1. The maximum atomic E-state index is 4.18. The molecule has 0 amide bonds. The molecule has 1 aromatic carbocycles. The molecule has 0 N–H and O–H groups in total. The van der Waals surface area contributed by atoms with Crippen LogP contribution in [0.3, 0.4) is 0 Å². The van der Waals surface area contributed by atoms with Crippen LogP contribution in [0.25, 0.3) is 5.57 Å². The molecule has 0 aromatic heterocycles. The van der Waals surface area contributed by atoms with Crippen molar-refractivity contribution in [2.45, 2.75) is 27.2 Å². The minimum Gasteiger partial charge on any atom is -0.296 e. The van der Waals surface area contributed by atoms with Crippen LogP contribution in [0.5, 0.6) is 0 Å². The smallest absolute Gasteiger partial charge is 0.0284 e. The van der Waals surface area contributed by atoms with Crippen molar-refractivity contribution in [1.82, 2.24) is 0 Å². The molecule has 0 spiro atoms. The third-order valence-corrected chi connectivity index (χ3v) is 3.45. The van der Waals surface area contributed by atoms with Gasteiger partial charge in [-0.05, 0) is 43.9 Å². The number of benzene rings is 1. The zero-order valence-corrected chi connectivity index (χ0v) is 13.6. The summed E-state index contributed by atoms with van der Waals surface area (Å²) in [6.07, 6.45) is 11.1. The first-order valence-corrected chi connectivity index (χ1v) is 7.26. The van der Waals surface area contributed by atoms with Crippen LogP contribution in [0, 0.1) is 6.92 Å². The molecule has 1 rings (SSSR count). The van der Waals surface area contributed by atoms with Crippen LogP contribution >= 0.6 is 0 Å². The second kappa shape index (κ2) is 8.91. The van der Waals surface area contributed by atoms with E-state index in [2.05, 4.69) is 74.8 Å². The summed E-state index contributed by atoms with van der Waals surface area (Å²) >= 11 is 0. The fourth-order valence-electron chi connectivity index (χ4n) is 2.04. The maximum Gasteiger partial charge on any atom is 0.0284 e. The van der Waals surface area contributed by atoms with E-state index < -0.39 is 0 Å². The predicted octanol–water partition coefficient (Wildman–Crippen LogP) is 5.55. The Kier molecular flexibility index (Phi) is 7.17. The summed E-state index contributed by atoms with van der Waals surface area (Å²) in [5.74, 6) is 0. The summed E-state index contributed by atoms with van der Waals surface area (Å²) in [6, 6.07) is 8.54. The molecule has 0 aliphatic carbocycles. The van der Waals surface area contributed by atoms with E-state index in [0.717, 1.165) is 12.0 Å². The Hall–Kier alpha value is -2.15. The maximum absolute atomic E-state index is 4.18. The largest absolute Gasteiger partial charge is 0.296 e. The van der Waals surface area contributed by atoms with Crippen molar-refractivity contribution in [2.24, 2.45) is 4.99 Å². The zero-order valence-electron chi connectivity index (χ0n) is 13.6. The van der Waals surface area contributed by atoms with Gasteiger partial charge in [-0.25, -0.2) is 0 Å². The van der Waals surface area contributed by atoms with Crippen LogP contribution in [-0.4, -0.2) is 13.3 Å². The molecule has 0 bridgehead atoms. The van der Waals surface area contributed by atoms with E-state index in [4.69, 9.17) is 0 Å². The van der Waals surface area contributed by atoms with Crippen molar-refractivity contribution in [3.63, 3.8) is 0 Å². The second-order valence-electron chi connectivity index (χ2n) is 5.02. The van der Waals surface area contributed by atoms with Crippen LogP contribution < -0.4 is 0 Å². The molecule has 0 fully saturated rings. The van der Waals surface area contributed by atoms with Crippen LogP contribution in [0.15, 0.2) is 71.3 Å². The molecule has 0 heterocycles. The van der Waals surface area contributed by atoms with E-state index in [1.165, 1.54) is 22.3 Å². The van der Waals surface area contributed by atoms with Gasteiger partial charge in [0.1, 0.15) is 0 Å². The van der Waals surface area contributed by atoms with Gasteiger partial charge in [0.05, 0.1) is 0 Å². The highest BCUT2D eigenvalue weighted by Gasteiger charge is 2.01. The summed E-state index contributed by atoms with van der Waals surface area (Å²) in [7, 11) is 1.81. The third-order valence-electron chi connectivity index (χ3n) is 3.45. The van der Waals surface area contributed by atoms with E-state index >= 15 is 0 Å². The highest BCUT2D eigenvalue weighted by atomic mass is 14.6. The normalized spacial score (nSPS) is 13.8. The number of rotatable bonds is 6. The molecule has 0 saturated carbocycles. The topological polar surface area (TPSA) is 12.4 Å². The van der Waals surface area contributed by atoms with Gasteiger partial charge in [0, 0.05) is 13.3 Å². The summed E-state index contributed by atoms with van der Waals surface area (Å²) in [5.41, 5.74) is 6.17. The Labute approximate surface area is 129 Å². The van der Waals surface area contributed by atoms with Gasteiger partial charge in [0.25, 0.3) is 0 Å². The molecule has 0 radical (unpaired) electrons. The lowest BCUT2D eigenvalue weighted by Gasteiger charge is -2.07. The standard InChI is InChI=1S/C20H25N/c1-6-8-18(17(4)7-2)13-14-20(15-21-5)19-11-9-16(3)10-12-19/h6-12,14-15H,1,13H2,2-5H3/b17-7-,18-8-,20-14+,21-15?. The fourth-order valence-corrected chi connectivity index (χ4v) is 2.04. The second-order valence-corrected chi connectivity index (χ2v) is 5.02. The summed E-state index contributed by atoms with van der Waals surface area (Å²) < 4.78 is 0. The van der Waals surface area contributed by atoms with Gasteiger partial charge in [0.2, 0.25) is 0 Å². The molecule has 21 heavy (non-hydrogen) atoms. The van der Waals surface area contributed by atoms with Gasteiger partial charge in [-0.1, -0.05) is 66.3 Å². The molecule has 1 nitrogen and oxygen atoms in total. The monoisotopic (exact) mass is 279 g/mol. The van der Waals surface area contributed by atoms with Crippen molar-refractivity contribution in [3.05, 3.63) is 77.4 Å². The van der Waals surface area contributed by atoms with E-state index in [1.54, 1.807) is 7.05 Å². The van der Waals surface area contributed by atoms with E-state index in [1.807, 2.05) is 12.3 Å². The van der Waals surface area contributed by atoms with E-state index in [9.17, 15) is 0 Å². The van der Waals surface area contributed by atoms with Crippen molar-refractivity contribution in [1.29, 1.82) is 0 Å². The summed E-state index contributed by atoms with van der Waals surface area (Å²) in [6.45, 7) is 10.1. The lowest BCUT2D eigenvalue weighted by atomic mass is 9.99. The molecule has 0 saturated heterocycles. The van der Waals surface area contributed by atoms with Crippen LogP contribution in [-0.2, 0) is 0 Å². The Morgan fingerprint density at radius 2 is 1.90 bits per heavy atom. The Bertz CT molecular complexity index is 581. The first-order chi connectivity index (χ1) is 10.1. The average Bonchev–Trinajstić information content (AvgIpc) is 2.50. The van der Waals surface area contributed by atoms with E-state index in [-0.39, 0.29) is 0 Å². The molecule has 1 aromatic rings. The lowest BCUT2D eigenvalue weighted by molar-refractivity contribution is 1.20. The van der Waals surface area contributed by atoms with Gasteiger partial charge in [0.15, 0.2) is 0 Å². The summed E-state index contributed by atoms with van der Waals surface area (Å²) in [4.78, 5) is 4.18. The van der Waals surface area contributed by atoms with Crippen molar-refractivity contribution in [2.75, 3.05) is 7.05 Å². The van der Waals surface area contributed by atoms with Crippen LogP contribution in [0.1, 0.15) is 31.4 Å². The molecule has 0 aliphatic rings. The average molecular weight is 279 g/mol. The number of nitrogens with zero attached hydrogens (tertiary/aromatic N) is 1. The van der Waals surface area contributed by atoms with Gasteiger partial charge in [-0.2, -0.15) is 0 Å². The molecule has 0 atom stereocenters. The van der Waals surface area contributed by atoms with Crippen molar-refractivity contribution >= 4 is 11.8 Å². The third kappa shape index (κ3) is 5.39. The van der Waals surface area contributed by atoms with Gasteiger partial charge in [-0.15, -0.1) is 0 Å². The van der Waals surface area contributed by atoms with Gasteiger partial charge < -0.3 is 0 Å². The highest BCUT2D eigenvalue weighted by Crippen LogP contribution is 2.19. The Morgan fingerprint density at radius 1 is 1.24 bits per heavy atom. The molecule has 1 heteroatoms. The van der Waals surface area contributed by atoms with Crippen molar-refractivity contribution < 1.29 is 0 Å². The Balaban J connectivity index is 3.08. The minimum absolute atomic E-state index is 0.872. The van der Waals surface area contributed by atoms with Gasteiger partial charge >= 0.3 is 0 Å². The van der Waals surface area contributed by atoms with Crippen LogP contribution in [0.2, 0.25) is 0 Å².